The Kier molecular flexibility index (Phi) is 6.64. The molecule has 0 radical (unpaired) electrons. The van der Waals surface area contributed by atoms with E-state index in [1.807, 2.05) is 17.0 Å². The number of hydrogen-bond donors (Lipinski definition) is 2. The van der Waals surface area contributed by atoms with Gasteiger partial charge in [0.25, 0.3) is 12.3 Å². The predicted molar refractivity (Wildman–Crippen MR) is 154 cm³/mol. The molecular formula is C30H32F2N8O4. The summed E-state index contributed by atoms with van der Waals surface area (Å²) in [5.74, 6) is 0.647. The maximum Gasteiger partial charge on any atom is 0.266 e. The number of hydrogen-bond acceptors (Lipinski definition) is 9. The fraction of sp³-hybridized carbons (Fsp3) is 0.467. The molecule has 0 aromatic carbocycles. The highest BCUT2D eigenvalue weighted by Gasteiger charge is 2.63. The van der Waals surface area contributed by atoms with Gasteiger partial charge in [-0.05, 0) is 50.8 Å². The molecule has 14 heteroatoms. The third-order valence-corrected chi connectivity index (χ3v) is 9.26. The van der Waals surface area contributed by atoms with Crippen LogP contribution in [0.1, 0.15) is 60.5 Å². The molecular weight excluding hydrogens is 574 g/mol. The molecule has 2 amide bonds. The van der Waals surface area contributed by atoms with Gasteiger partial charge >= 0.3 is 0 Å². The lowest BCUT2D eigenvalue weighted by molar-refractivity contribution is -0.209. The molecule has 4 aromatic heterocycles. The quantitative estimate of drug-likeness (QED) is 0.336. The Morgan fingerprint density at radius 2 is 1.91 bits per heavy atom. The van der Waals surface area contributed by atoms with Crippen molar-refractivity contribution in [3.05, 3.63) is 53.9 Å². The molecule has 1 spiro atoms. The number of amides is 2. The molecule has 3 fully saturated rings. The number of anilines is 2. The number of halogens is 2. The second-order valence-electron chi connectivity index (χ2n) is 12.4. The maximum atomic E-state index is 13.5. The number of nitrogens with one attached hydrogen (secondary N) is 1. The second-order valence-corrected chi connectivity index (χ2v) is 12.4. The van der Waals surface area contributed by atoms with Gasteiger partial charge in [0.1, 0.15) is 5.60 Å². The van der Waals surface area contributed by atoms with E-state index in [1.165, 1.54) is 6.20 Å². The van der Waals surface area contributed by atoms with Crippen molar-refractivity contribution in [1.82, 2.24) is 29.6 Å². The summed E-state index contributed by atoms with van der Waals surface area (Å²) in [5, 5.41) is 21.4. The van der Waals surface area contributed by atoms with Gasteiger partial charge < -0.3 is 24.7 Å². The number of carbonyl (C=O) groups is 2. The highest BCUT2D eigenvalue weighted by Crippen LogP contribution is 2.56. The van der Waals surface area contributed by atoms with E-state index < -0.39 is 12.0 Å². The third-order valence-electron chi connectivity index (χ3n) is 9.26. The van der Waals surface area contributed by atoms with Crippen molar-refractivity contribution in [3.8, 4) is 11.4 Å². The number of carbonyl (C=O) groups excluding carboxylic acids is 2. The number of fused-ring (bicyclic) bond motifs is 1. The van der Waals surface area contributed by atoms with Gasteiger partial charge in [-0.15, -0.1) is 0 Å². The van der Waals surface area contributed by atoms with Crippen LogP contribution in [0.5, 0.6) is 0 Å². The second kappa shape index (κ2) is 10.3. The van der Waals surface area contributed by atoms with Gasteiger partial charge in [0, 0.05) is 68.1 Å². The van der Waals surface area contributed by atoms with Crippen molar-refractivity contribution in [2.24, 2.45) is 5.41 Å². The molecule has 0 bridgehead atoms. The zero-order valence-electron chi connectivity index (χ0n) is 24.3. The summed E-state index contributed by atoms with van der Waals surface area (Å²) in [6.45, 7) is 5.79. The van der Waals surface area contributed by atoms with Gasteiger partial charge in [-0.25, -0.2) is 13.3 Å². The van der Waals surface area contributed by atoms with E-state index in [9.17, 15) is 23.5 Å². The molecule has 6 heterocycles. The van der Waals surface area contributed by atoms with Crippen LogP contribution >= 0.6 is 0 Å². The molecule has 4 aromatic rings. The van der Waals surface area contributed by atoms with Gasteiger partial charge in [-0.2, -0.15) is 10.1 Å². The van der Waals surface area contributed by atoms with Crippen molar-refractivity contribution >= 4 is 28.7 Å². The van der Waals surface area contributed by atoms with Crippen LogP contribution in [0.4, 0.5) is 20.2 Å². The fourth-order valence-corrected chi connectivity index (χ4v) is 6.84. The minimum absolute atomic E-state index is 0.0613. The van der Waals surface area contributed by atoms with Gasteiger partial charge in [-0.3, -0.25) is 14.6 Å². The molecule has 7 rings (SSSR count). The molecule has 2 N–H and O–H groups in total. The van der Waals surface area contributed by atoms with E-state index in [4.69, 9.17) is 4.52 Å². The normalized spacial score (nSPS) is 19.3. The van der Waals surface area contributed by atoms with E-state index in [-0.39, 0.29) is 36.0 Å². The first-order valence-corrected chi connectivity index (χ1v) is 14.6. The number of aliphatic hydroxyl groups is 1. The average molecular weight is 607 g/mol. The lowest BCUT2D eigenvalue weighted by Gasteiger charge is -2.62. The molecule has 230 valence electrons. The van der Waals surface area contributed by atoms with Crippen LogP contribution in [-0.4, -0.2) is 84.8 Å². The van der Waals surface area contributed by atoms with Crippen LogP contribution in [0.2, 0.25) is 0 Å². The first-order valence-electron chi connectivity index (χ1n) is 14.6. The van der Waals surface area contributed by atoms with Crippen molar-refractivity contribution in [2.75, 3.05) is 36.4 Å². The van der Waals surface area contributed by atoms with Gasteiger partial charge in [0.05, 0.1) is 28.7 Å². The Bertz CT molecular complexity index is 1750. The summed E-state index contributed by atoms with van der Waals surface area (Å²) >= 11 is 0. The summed E-state index contributed by atoms with van der Waals surface area (Å²) in [4.78, 5) is 38.0. The topological polar surface area (TPSA) is 142 Å². The lowest BCUT2D eigenvalue weighted by Crippen LogP contribution is -2.70. The number of piperidine rings is 1. The number of likely N-dealkylation sites (tertiary alicyclic amines) is 1. The number of aryl methyl sites for hydroxylation is 1. The predicted octanol–water partition coefficient (Wildman–Crippen LogP) is 3.66. The molecule has 12 nitrogen and oxygen atoms in total. The van der Waals surface area contributed by atoms with Crippen LogP contribution in [0.3, 0.4) is 0 Å². The number of pyridine rings is 2. The van der Waals surface area contributed by atoms with Crippen LogP contribution < -0.4 is 10.2 Å². The molecule has 0 unspecified atom stereocenters. The number of rotatable bonds is 6. The molecule has 0 atom stereocenters. The van der Waals surface area contributed by atoms with Crippen LogP contribution in [0.25, 0.3) is 16.9 Å². The fourth-order valence-electron chi connectivity index (χ4n) is 6.84. The SMILES string of the molecule is CC(=O)N1CCC(c2nc(-c3cnc(C)c(NC(=O)c4cnn5ccc(N6CC7(C6)CC(O)(C(F)F)C7)cc45)c3)no2)CC1. The smallest absolute Gasteiger partial charge is 0.266 e. The zero-order chi connectivity index (χ0) is 30.8. The Morgan fingerprint density at radius 1 is 1.16 bits per heavy atom. The minimum atomic E-state index is -2.74. The van der Waals surface area contributed by atoms with Gasteiger partial charge in [0.15, 0.2) is 0 Å². The number of aromatic nitrogens is 5. The summed E-state index contributed by atoms with van der Waals surface area (Å²) in [7, 11) is 0. The Balaban J connectivity index is 1.04. The van der Waals surface area contributed by atoms with Crippen molar-refractivity contribution in [1.29, 1.82) is 0 Å². The standard InChI is InChI=1S/C30H32F2N8O4/c1-17-23(9-20(11-33-17)25-36-27(44-37-25)19-3-6-38(7-4-19)18(2)41)35-26(42)22-12-34-40-8-5-21(10-24(22)40)39-15-29(16-39)13-30(43,14-29)28(31)32/h5,8-12,19,28,43H,3-4,6-7,13-16H2,1-2H3,(H,35,42). The van der Waals surface area contributed by atoms with Gasteiger partial charge in [0.2, 0.25) is 17.6 Å². The van der Waals surface area contributed by atoms with Crippen molar-refractivity contribution < 1.29 is 28.0 Å². The van der Waals surface area contributed by atoms with Crippen molar-refractivity contribution in [3.63, 3.8) is 0 Å². The molecule has 44 heavy (non-hydrogen) atoms. The summed E-state index contributed by atoms with van der Waals surface area (Å²) < 4.78 is 33.4. The van der Waals surface area contributed by atoms with E-state index in [2.05, 4.69) is 30.4 Å². The number of nitrogens with zero attached hydrogens (tertiary/aromatic N) is 7. The Morgan fingerprint density at radius 3 is 2.61 bits per heavy atom. The summed E-state index contributed by atoms with van der Waals surface area (Å²) in [6.07, 6.45) is 3.82. The van der Waals surface area contributed by atoms with E-state index in [0.29, 0.717) is 65.9 Å². The van der Waals surface area contributed by atoms with E-state index >= 15 is 0 Å². The van der Waals surface area contributed by atoms with Crippen LogP contribution in [0.15, 0.2) is 41.3 Å². The molecule has 1 aliphatic carbocycles. The molecule has 2 aliphatic heterocycles. The minimum Gasteiger partial charge on any atom is -0.384 e. The van der Waals surface area contributed by atoms with E-state index in [1.54, 1.807) is 36.8 Å². The van der Waals surface area contributed by atoms with E-state index in [0.717, 1.165) is 18.5 Å². The zero-order valence-corrected chi connectivity index (χ0v) is 24.3. The first kappa shape index (κ1) is 28.3. The first-order chi connectivity index (χ1) is 21.0. The third kappa shape index (κ3) is 4.86. The molecule has 3 aliphatic rings. The highest BCUT2D eigenvalue weighted by atomic mass is 19.3. The molecule has 1 saturated carbocycles. The molecule has 2 saturated heterocycles. The Labute approximate surface area is 251 Å². The van der Waals surface area contributed by atoms with Crippen LogP contribution in [0, 0.1) is 12.3 Å². The summed E-state index contributed by atoms with van der Waals surface area (Å²) in [6, 6.07) is 5.48. The Hall–Kier alpha value is -4.46. The lowest BCUT2D eigenvalue weighted by atomic mass is 9.55. The number of alkyl halides is 2. The van der Waals surface area contributed by atoms with Gasteiger partial charge in [-0.1, -0.05) is 5.16 Å². The monoisotopic (exact) mass is 606 g/mol. The largest absolute Gasteiger partial charge is 0.384 e. The van der Waals surface area contributed by atoms with Crippen LogP contribution in [-0.2, 0) is 4.79 Å². The van der Waals surface area contributed by atoms with Crippen molar-refractivity contribution in [2.45, 2.75) is 57.5 Å². The average Bonchev–Trinajstić information content (AvgIpc) is 3.63. The highest BCUT2D eigenvalue weighted by molar-refractivity contribution is 6.09. The maximum absolute atomic E-state index is 13.5. The summed E-state index contributed by atoms with van der Waals surface area (Å²) in [5.41, 5.74) is 1.33.